The number of unbranched alkanes of at least 4 members (excludes halogenated alkanes) is 1. The van der Waals surface area contributed by atoms with Crippen LogP contribution in [-0.4, -0.2) is 24.0 Å². The number of ketones is 1. The van der Waals surface area contributed by atoms with Crippen molar-refractivity contribution < 1.29 is 17.8 Å². The number of rotatable bonds is 4. The molecule has 0 spiro atoms. The molecule has 0 aromatic rings. The quantitative estimate of drug-likeness (QED) is 0.632. The van der Waals surface area contributed by atoms with Gasteiger partial charge in [0, 0.05) is 5.41 Å². The van der Waals surface area contributed by atoms with E-state index in [1.54, 1.807) is 19.9 Å². The first-order valence-corrected chi connectivity index (χ1v) is 7.76. The summed E-state index contributed by atoms with van der Waals surface area (Å²) in [5.41, 5.74) is -1.15. The number of allylic oxidation sites excluding steroid dienone is 1. The molecule has 0 aromatic carbocycles. The minimum absolute atomic E-state index is 0.360. The monoisotopic (exact) mass is 274 g/mol. The third-order valence-electron chi connectivity index (χ3n) is 4.31. The van der Waals surface area contributed by atoms with Crippen molar-refractivity contribution in [3.63, 3.8) is 0 Å². The zero-order valence-corrected chi connectivity index (χ0v) is 12.3. The Morgan fingerprint density at radius 3 is 2.33 bits per heavy atom. The lowest BCUT2D eigenvalue weighted by Crippen LogP contribution is -2.50. The molecule has 1 N–H and O–H groups in total. The lowest BCUT2D eigenvalue weighted by molar-refractivity contribution is -0.132. The van der Waals surface area contributed by atoms with E-state index in [9.17, 15) is 13.2 Å². The summed E-state index contributed by atoms with van der Waals surface area (Å²) in [6, 6.07) is 0. The van der Waals surface area contributed by atoms with Crippen LogP contribution in [0.5, 0.6) is 0 Å². The number of hydrogen-bond donors (Lipinski definition) is 1. The molecular formula is C13H22O4S. The Bertz CT molecular complexity index is 461. The van der Waals surface area contributed by atoms with Crippen molar-refractivity contribution in [2.45, 2.75) is 52.2 Å². The Kier molecular flexibility index (Phi) is 4.08. The van der Waals surface area contributed by atoms with Crippen molar-refractivity contribution >= 4 is 15.9 Å². The highest BCUT2D eigenvalue weighted by atomic mass is 32.2. The summed E-state index contributed by atoms with van der Waals surface area (Å²) in [5, 5.41) is -1.41. The number of carbonyl (C=O) groups excluding carboxylic acids is 1. The SMILES string of the molecule is CCCCC1(C)C=CC(S(=O)(=O)O)C(=O)C1(C)C. The Hall–Kier alpha value is -0.680. The van der Waals surface area contributed by atoms with Crippen molar-refractivity contribution in [2.75, 3.05) is 0 Å². The molecule has 0 saturated heterocycles. The van der Waals surface area contributed by atoms with Crippen LogP contribution in [0.15, 0.2) is 12.2 Å². The highest BCUT2D eigenvalue weighted by Gasteiger charge is 2.51. The molecule has 4 nitrogen and oxygen atoms in total. The second kappa shape index (κ2) is 4.78. The topological polar surface area (TPSA) is 71.4 Å². The van der Waals surface area contributed by atoms with Crippen molar-refractivity contribution in [3.8, 4) is 0 Å². The van der Waals surface area contributed by atoms with E-state index < -0.39 is 26.6 Å². The fraction of sp³-hybridized carbons (Fsp3) is 0.769. The van der Waals surface area contributed by atoms with Gasteiger partial charge in [0.05, 0.1) is 0 Å². The highest BCUT2D eigenvalue weighted by molar-refractivity contribution is 7.87. The molecule has 0 bridgehead atoms. The molecule has 1 aliphatic rings. The van der Waals surface area contributed by atoms with Gasteiger partial charge >= 0.3 is 0 Å². The molecule has 0 saturated carbocycles. The maximum atomic E-state index is 12.3. The Labute approximate surface area is 109 Å². The zero-order valence-electron chi connectivity index (χ0n) is 11.4. The van der Waals surface area contributed by atoms with Gasteiger partial charge in [0.1, 0.15) is 0 Å². The molecule has 18 heavy (non-hydrogen) atoms. The minimum atomic E-state index is -4.35. The first-order chi connectivity index (χ1) is 8.06. The van der Waals surface area contributed by atoms with Crippen LogP contribution >= 0.6 is 0 Å². The molecule has 0 heterocycles. The second-order valence-electron chi connectivity index (χ2n) is 5.80. The average Bonchev–Trinajstić information content (AvgIpc) is 2.22. The molecule has 0 aromatic heterocycles. The van der Waals surface area contributed by atoms with Crippen LogP contribution < -0.4 is 0 Å². The third-order valence-corrected chi connectivity index (χ3v) is 5.32. The van der Waals surface area contributed by atoms with E-state index in [1.807, 2.05) is 6.92 Å². The first kappa shape index (κ1) is 15.4. The molecule has 104 valence electrons. The summed E-state index contributed by atoms with van der Waals surface area (Å²) < 4.78 is 31.5. The van der Waals surface area contributed by atoms with Gasteiger partial charge in [-0.2, -0.15) is 8.42 Å². The molecular weight excluding hydrogens is 252 g/mol. The lowest BCUT2D eigenvalue weighted by Gasteiger charge is -2.45. The van der Waals surface area contributed by atoms with E-state index in [4.69, 9.17) is 4.55 Å². The summed E-state index contributed by atoms with van der Waals surface area (Å²) in [6.07, 6.45) is 5.95. The summed E-state index contributed by atoms with van der Waals surface area (Å²) >= 11 is 0. The summed E-state index contributed by atoms with van der Waals surface area (Å²) in [5.74, 6) is -0.425. The molecule has 0 amide bonds. The fourth-order valence-corrected chi connectivity index (χ4v) is 3.25. The predicted molar refractivity (Wildman–Crippen MR) is 70.9 cm³/mol. The molecule has 1 rings (SSSR count). The van der Waals surface area contributed by atoms with E-state index in [1.165, 1.54) is 6.08 Å². The standard InChI is InChI=1S/C13H22O4S/c1-5-6-8-13(4)9-7-10(18(15,16)17)11(14)12(13,2)3/h7,9-10H,5-6,8H2,1-4H3,(H,15,16,17). The van der Waals surface area contributed by atoms with Gasteiger partial charge in [-0.25, -0.2) is 0 Å². The number of hydrogen-bond acceptors (Lipinski definition) is 3. The van der Waals surface area contributed by atoms with Gasteiger partial charge in [-0.1, -0.05) is 52.7 Å². The van der Waals surface area contributed by atoms with Gasteiger partial charge in [-0.3, -0.25) is 9.35 Å². The maximum Gasteiger partial charge on any atom is 0.278 e. The van der Waals surface area contributed by atoms with Gasteiger partial charge in [0.15, 0.2) is 11.0 Å². The number of Topliss-reactive ketones (excluding diaryl/α,β-unsaturated/α-hetero) is 1. The van der Waals surface area contributed by atoms with Gasteiger partial charge in [-0.15, -0.1) is 0 Å². The van der Waals surface area contributed by atoms with Crippen LogP contribution in [0.1, 0.15) is 47.0 Å². The Morgan fingerprint density at radius 2 is 1.89 bits per heavy atom. The largest absolute Gasteiger partial charge is 0.297 e. The Morgan fingerprint density at radius 1 is 1.33 bits per heavy atom. The van der Waals surface area contributed by atoms with E-state index >= 15 is 0 Å². The lowest BCUT2D eigenvalue weighted by atomic mass is 9.59. The minimum Gasteiger partial charge on any atom is -0.297 e. The zero-order chi connectivity index (χ0) is 14.2. The van der Waals surface area contributed by atoms with E-state index in [0.717, 1.165) is 19.3 Å². The summed E-state index contributed by atoms with van der Waals surface area (Å²) in [7, 11) is -4.35. The second-order valence-corrected chi connectivity index (χ2v) is 7.34. The van der Waals surface area contributed by atoms with E-state index in [0.29, 0.717) is 0 Å². The van der Waals surface area contributed by atoms with Crippen molar-refractivity contribution in [1.29, 1.82) is 0 Å². The van der Waals surface area contributed by atoms with Crippen LogP contribution in [-0.2, 0) is 14.9 Å². The van der Waals surface area contributed by atoms with Crippen LogP contribution in [0.4, 0.5) is 0 Å². The van der Waals surface area contributed by atoms with Crippen molar-refractivity contribution in [1.82, 2.24) is 0 Å². The van der Waals surface area contributed by atoms with Crippen LogP contribution in [0.25, 0.3) is 0 Å². The number of carbonyl (C=O) groups is 1. The van der Waals surface area contributed by atoms with Crippen molar-refractivity contribution in [2.24, 2.45) is 10.8 Å². The van der Waals surface area contributed by atoms with Crippen LogP contribution in [0.2, 0.25) is 0 Å². The van der Waals surface area contributed by atoms with Gasteiger partial charge in [0.2, 0.25) is 0 Å². The van der Waals surface area contributed by atoms with E-state index in [-0.39, 0.29) is 5.41 Å². The maximum absolute atomic E-state index is 12.3. The third kappa shape index (κ3) is 2.52. The molecule has 0 fully saturated rings. The molecule has 2 unspecified atom stereocenters. The summed E-state index contributed by atoms with van der Waals surface area (Å²) in [6.45, 7) is 7.56. The first-order valence-electron chi connectivity index (χ1n) is 6.26. The average molecular weight is 274 g/mol. The highest BCUT2D eigenvalue weighted by Crippen LogP contribution is 2.48. The molecule has 0 aliphatic heterocycles. The predicted octanol–water partition coefficient (Wildman–Crippen LogP) is 2.60. The smallest absolute Gasteiger partial charge is 0.278 e. The van der Waals surface area contributed by atoms with Crippen LogP contribution in [0, 0.1) is 10.8 Å². The van der Waals surface area contributed by atoms with Crippen molar-refractivity contribution in [3.05, 3.63) is 12.2 Å². The van der Waals surface area contributed by atoms with Gasteiger partial charge in [0.25, 0.3) is 10.1 Å². The van der Waals surface area contributed by atoms with Crippen LogP contribution in [0.3, 0.4) is 0 Å². The normalized spacial score (nSPS) is 31.6. The van der Waals surface area contributed by atoms with E-state index in [2.05, 4.69) is 6.92 Å². The molecule has 5 heteroatoms. The molecule has 1 aliphatic carbocycles. The van der Waals surface area contributed by atoms with Gasteiger partial charge in [-0.05, 0) is 11.8 Å². The Balaban J connectivity index is 3.19. The fourth-order valence-electron chi connectivity index (χ4n) is 2.41. The molecule has 2 atom stereocenters. The summed E-state index contributed by atoms with van der Waals surface area (Å²) in [4.78, 5) is 12.3. The van der Waals surface area contributed by atoms with Gasteiger partial charge < -0.3 is 0 Å². The molecule has 0 radical (unpaired) electrons.